The van der Waals surface area contributed by atoms with E-state index in [1.807, 2.05) is 55.0 Å². The van der Waals surface area contributed by atoms with E-state index < -0.39 is 0 Å². The summed E-state index contributed by atoms with van der Waals surface area (Å²) in [6.45, 7) is 0. The first kappa shape index (κ1) is 45.3. The van der Waals surface area contributed by atoms with Gasteiger partial charge >= 0.3 is 0 Å². The monoisotopic (exact) mass is 1070 g/mol. The lowest BCUT2D eigenvalue weighted by atomic mass is 9.88. The second kappa shape index (κ2) is 17.1. The fraction of sp³-hybridized carbons (Fsp3) is 0. The van der Waals surface area contributed by atoms with Crippen LogP contribution in [0.25, 0.3) is 198 Å². The SMILES string of the molecule is c1cc(-c2cc(-c3ccc4oc5ccc(-c6ccc7nc8ccccc8nc7c6)cc5c4c3)c3c(ccc4cccnc43)c2)c2c(c1)-c1ccc(-c3ccc4oc5ccc(-c6cccc7ccc8cccnc8c67)cc5c4c3)c3nccc-2c13. The molecule has 0 saturated heterocycles. The summed E-state index contributed by atoms with van der Waals surface area (Å²) in [4.78, 5) is 25.0. The predicted octanol–water partition coefficient (Wildman–Crippen LogP) is 20.5. The van der Waals surface area contributed by atoms with Gasteiger partial charge in [-0.25, -0.2) is 9.97 Å². The lowest BCUT2D eigenvalue weighted by Gasteiger charge is -2.16. The highest BCUT2D eigenvalue weighted by Gasteiger charge is 2.28. The van der Waals surface area contributed by atoms with E-state index in [-0.39, 0.29) is 0 Å². The maximum atomic E-state index is 6.58. The second-order valence-corrected chi connectivity index (χ2v) is 22.2. The van der Waals surface area contributed by atoms with E-state index in [0.717, 1.165) is 176 Å². The molecule has 7 heteroatoms. The van der Waals surface area contributed by atoms with Crippen LogP contribution in [-0.4, -0.2) is 24.9 Å². The summed E-state index contributed by atoms with van der Waals surface area (Å²) in [5.74, 6) is 0. The fourth-order valence-electron chi connectivity index (χ4n) is 13.8. The summed E-state index contributed by atoms with van der Waals surface area (Å²) in [5.41, 5.74) is 25.6. The highest BCUT2D eigenvalue weighted by Crippen LogP contribution is 2.53. The zero-order valence-electron chi connectivity index (χ0n) is 44.7. The highest BCUT2D eigenvalue weighted by molar-refractivity contribution is 6.22. The minimum atomic E-state index is 0.834. The Morgan fingerprint density at radius 1 is 0.238 bits per heavy atom. The van der Waals surface area contributed by atoms with Crippen LogP contribution in [0.5, 0.6) is 0 Å². The van der Waals surface area contributed by atoms with Crippen molar-refractivity contribution in [2.75, 3.05) is 0 Å². The lowest BCUT2D eigenvalue weighted by Crippen LogP contribution is -1.91. The number of nitrogens with zero attached hydrogens (tertiary/aromatic N) is 5. The molecule has 386 valence electrons. The van der Waals surface area contributed by atoms with Gasteiger partial charge in [0.2, 0.25) is 0 Å². The lowest BCUT2D eigenvalue weighted by molar-refractivity contribution is 0.668. The molecule has 6 heterocycles. The van der Waals surface area contributed by atoms with E-state index in [2.05, 4.69) is 194 Å². The van der Waals surface area contributed by atoms with Crippen molar-refractivity contribution in [1.82, 2.24) is 24.9 Å². The summed E-state index contributed by atoms with van der Waals surface area (Å²) in [6.07, 6.45) is 5.76. The molecule has 0 spiro atoms. The van der Waals surface area contributed by atoms with Crippen molar-refractivity contribution in [1.29, 1.82) is 0 Å². The fourth-order valence-corrected chi connectivity index (χ4v) is 13.8. The van der Waals surface area contributed by atoms with Crippen LogP contribution < -0.4 is 0 Å². The van der Waals surface area contributed by atoms with Gasteiger partial charge in [0.05, 0.1) is 38.6 Å². The molecule has 0 radical (unpaired) electrons. The summed E-state index contributed by atoms with van der Waals surface area (Å²) < 4.78 is 13.1. The zero-order valence-corrected chi connectivity index (χ0v) is 44.7. The third kappa shape index (κ3) is 6.60. The van der Waals surface area contributed by atoms with E-state index in [1.165, 1.54) is 22.3 Å². The summed E-state index contributed by atoms with van der Waals surface area (Å²) in [6, 6.07) is 82.4. The van der Waals surface area contributed by atoms with Gasteiger partial charge in [-0.1, -0.05) is 127 Å². The normalized spacial score (nSPS) is 12.3. The Balaban J connectivity index is 0.741. The van der Waals surface area contributed by atoms with Crippen molar-refractivity contribution in [3.8, 4) is 77.9 Å². The Morgan fingerprint density at radius 3 is 1.46 bits per heavy atom. The van der Waals surface area contributed by atoms with E-state index in [1.54, 1.807) is 0 Å². The zero-order chi connectivity index (χ0) is 54.7. The van der Waals surface area contributed by atoms with Gasteiger partial charge in [0.15, 0.2) is 0 Å². The quantitative estimate of drug-likeness (QED) is 0.125. The predicted molar refractivity (Wildman–Crippen MR) is 344 cm³/mol. The molecule has 0 unspecified atom stereocenters. The third-order valence-corrected chi connectivity index (χ3v) is 17.7. The third-order valence-electron chi connectivity index (χ3n) is 17.7. The number of rotatable bonds is 5. The molecule has 0 saturated carbocycles. The van der Waals surface area contributed by atoms with Crippen LogP contribution >= 0.6 is 0 Å². The minimum Gasteiger partial charge on any atom is -0.456 e. The summed E-state index contributed by atoms with van der Waals surface area (Å²) in [5, 5.41) is 12.1. The number of aromatic nitrogens is 5. The largest absolute Gasteiger partial charge is 0.456 e. The van der Waals surface area contributed by atoms with Crippen molar-refractivity contribution < 1.29 is 8.83 Å². The highest BCUT2D eigenvalue weighted by atomic mass is 16.3. The molecule has 84 heavy (non-hydrogen) atoms. The van der Waals surface area contributed by atoms with Crippen LogP contribution in [0.2, 0.25) is 0 Å². The van der Waals surface area contributed by atoms with Crippen LogP contribution in [0.15, 0.2) is 258 Å². The second-order valence-electron chi connectivity index (χ2n) is 22.2. The smallest absolute Gasteiger partial charge is 0.135 e. The molecule has 7 nitrogen and oxygen atoms in total. The van der Waals surface area contributed by atoms with Gasteiger partial charge in [-0.05, 0) is 186 Å². The summed E-state index contributed by atoms with van der Waals surface area (Å²) in [7, 11) is 0. The first-order valence-corrected chi connectivity index (χ1v) is 28.3. The first-order chi connectivity index (χ1) is 41.6. The number of benzene rings is 12. The number of pyridine rings is 3. The van der Waals surface area contributed by atoms with Crippen molar-refractivity contribution in [2.45, 2.75) is 0 Å². The maximum absolute atomic E-state index is 6.58. The van der Waals surface area contributed by atoms with Gasteiger partial charge in [0.25, 0.3) is 0 Å². The number of para-hydroxylation sites is 2. The van der Waals surface area contributed by atoms with E-state index in [9.17, 15) is 0 Å². The molecule has 0 amide bonds. The molecule has 0 bridgehead atoms. The number of furan rings is 2. The van der Waals surface area contributed by atoms with Crippen molar-refractivity contribution in [3.05, 3.63) is 249 Å². The van der Waals surface area contributed by atoms with Crippen LogP contribution in [-0.2, 0) is 0 Å². The summed E-state index contributed by atoms with van der Waals surface area (Å²) >= 11 is 0. The molecule has 12 aromatic carbocycles. The first-order valence-electron chi connectivity index (χ1n) is 28.3. The van der Waals surface area contributed by atoms with Crippen molar-refractivity contribution in [2.24, 2.45) is 0 Å². The molecule has 0 atom stereocenters. The maximum Gasteiger partial charge on any atom is 0.135 e. The molecule has 1 aliphatic rings. The Labute approximate surface area is 478 Å². The van der Waals surface area contributed by atoms with E-state index in [4.69, 9.17) is 33.8 Å². The molecule has 19 rings (SSSR count). The van der Waals surface area contributed by atoms with E-state index in [0.29, 0.717) is 0 Å². The topological polar surface area (TPSA) is 90.7 Å². The minimum absolute atomic E-state index is 0.834. The number of hydrogen-bond donors (Lipinski definition) is 0. The Kier molecular flexibility index (Phi) is 9.21. The number of fused-ring (bicyclic) bond motifs is 17. The van der Waals surface area contributed by atoms with Crippen LogP contribution in [0.4, 0.5) is 0 Å². The van der Waals surface area contributed by atoms with E-state index >= 15 is 0 Å². The van der Waals surface area contributed by atoms with Gasteiger partial charge in [-0.2, -0.15) is 0 Å². The molecule has 18 aromatic rings. The average molecular weight is 1070 g/mol. The molecule has 1 aliphatic carbocycles. The Morgan fingerprint density at radius 2 is 0.750 bits per heavy atom. The van der Waals surface area contributed by atoms with Gasteiger partial charge in [-0.3, -0.25) is 15.0 Å². The molecular weight excluding hydrogens is 1030 g/mol. The molecule has 0 aliphatic heterocycles. The van der Waals surface area contributed by atoms with Gasteiger partial charge in [-0.15, -0.1) is 0 Å². The molecule has 6 aromatic heterocycles. The molecule has 0 fully saturated rings. The Bertz CT molecular complexity index is 5960. The molecular formula is C77H41N5O2. The van der Waals surface area contributed by atoms with Gasteiger partial charge in [0.1, 0.15) is 22.3 Å². The van der Waals surface area contributed by atoms with Crippen LogP contribution in [0.3, 0.4) is 0 Å². The number of hydrogen-bond acceptors (Lipinski definition) is 7. The molecule has 0 N–H and O–H groups in total. The van der Waals surface area contributed by atoms with Crippen LogP contribution in [0, 0.1) is 0 Å². The Hall–Kier alpha value is -11.4. The van der Waals surface area contributed by atoms with Crippen molar-refractivity contribution in [3.63, 3.8) is 0 Å². The van der Waals surface area contributed by atoms with Gasteiger partial charge in [0, 0.05) is 72.6 Å². The van der Waals surface area contributed by atoms with Crippen molar-refractivity contribution >= 4 is 120 Å². The standard InChI is InChI=1S/C77H41N5O2/c1-2-14-64-63(13-1)81-65-26-19-46(41-66(65)82-64)45-20-27-67-59(36-45)62-39-49(23-30-70(62)83-67)58-40-51(35-50-18-17-44-9-6-33-79-76(44)72(50)58)53-11-4-12-55-56-25-24-54(77-74(56)57(73(53)55)31-34-80-77)48-22-29-69-61(38-48)60-37-47(21-28-68(60)84-69)52-10-3-7-42-15-16-43-8-5-32-78-75(43)71(42)52/h1-41H. The van der Waals surface area contributed by atoms with Crippen LogP contribution in [0.1, 0.15) is 0 Å². The average Bonchev–Trinajstić information content (AvgIpc) is 2.83. The van der Waals surface area contributed by atoms with Gasteiger partial charge < -0.3 is 8.83 Å².